The van der Waals surface area contributed by atoms with Crippen LogP contribution in [0.25, 0.3) is 0 Å². The van der Waals surface area contributed by atoms with E-state index in [9.17, 15) is 26.8 Å². The third kappa shape index (κ3) is 7.65. The third-order valence-electron chi connectivity index (χ3n) is 6.16. The Bertz CT molecular complexity index is 1440. The van der Waals surface area contributed by atoms with E-state index in [0.29, 0.717) is 5.56 Å². The minimum Gasteiger partial charge on any atom is -0.350 e. The van der Waals surface area contributed by atoms with Gasteiger partial charge in [-0.2, -0.15) is 0 Å². The molecule has 0 radical (unpaired) electrons. The van der Waals surface area contributed by atoms with Crippen molar-refractivity contribution in [2.24, 2.45) is 0 Å². The minimum atomic E-state index is -4.39. The zero-order chi connectivity index (χ0) is 29.7. The van der Waals surface area contributed by atoms with E-state index in [-0.39, 0.29) is 23.5 Å². The van der Waals surface area contributed by atoms with E-state index in [1.807, 2.05) is 0 Å². The molecule has 3 aromatic carbocycles. The molecule has 214 valence electrons. The standard InChI is InChI=1S/C30H35F2N3O4S/c1-6-26(29(37)33-30(3,4)5)34(19-22-13-15-23(31)16-14-22)28(36)20-35(27-10-8-7-9-25(27)32)40(38,39)24-17-11-21(2)12-18-24/h7-18,26H,6,19-20H2,1-5H3,(H,33,37)/t26-/m0/s1. The number of aryl methyl sites for hydroxylation is 1. The molecular formula is C30H35F2N3O4S. The summed E-state index contributed by atoms with van der Waals surface area (Å²) < 4.78 is 56.9. The molecule has 1 atom stereocenters. The van der Waals surface area contributed by atoms with E-state index in [1.54, 1.807) is 46.8 Å². The number of benzene rings is 3. The molecule has 1 N–H and O–H groups in total. The van der Waals surface area contributed by atoms with Gasteiger partial charge in [-0.25, -0.2) is 17.2 Å². The van der Waals surface area contributed by atoms with Gasteiger partial charge in [-0.3, -0.25) is 13.9 Å². The Hall–Kier alpha value is -3.79. The smallest absolute Gasteiger partial charge is 0.264 e. The fraction of sp³-hybridized carbons (Fsp3) is 0.333. The molecule has 3 aromatic rings. The molecule has 0 aliphatic rings. The SMILES string of the molecule is CC[C@@H](C(=O)NC(C)(C)C)N(Cc1ccc(F)cc1)C(=O)CN(c1ccccc1F)S(=O)(=O)c1ccc(C)cc1. The normalized spacial score (nSPS) is 12.5. The number of nitrogens with one attached hydrogen (secondary N) is 1. The molecule has 0 aliphatic heterocycles. The van der Waals surface area contributed by atoms with Crippen molar-refractivity contribution in [2.75, 3.05) is 10.8 Å². The number of halogens is 2. The van der Waals surface area contributed by atoms with Crippen LogP contribution in [0.3, 0.4) is 0 Å². The van der Waals surface area contributed by atoms with Crippen molar-refractivity contribution in [3.8, 4) is 0 Å². The van der Waals surface area contributed by atoms with Gasteiger partial charge in [0.1, 0.15) is 24.2 Å². The van der Waals surface area contributed by atoms with E-state index < -0.39 is 51.6 Å². The summed E-state index contributed by atoms with van der Waals surface area (Å²) in [4.78, 5) is 28.4. The molecule has 0 spiro atoms. The highest BCUT2D eigenvalue weighted by molar-refractivity contribution is 7.92. The largest absolute Gasteiger partial charge is 0.350 e. The fourth-order valence-corrected chi connectivity index (χ4v) is 5.59. The molecular weight excluding hydrogens is 536 g/mol. The van der Waals surface area contributed by atoms with E-state index in [0.717, 1.165) is 15.9 Å². The quantitative estimate of drug-likeness (QED) is 0.363. The van der Waals surface area contributed by atoms with Crippen molar-refractivity contribution in [3.05, 3.63) is 95.6 Å². The van der Waals surface area contributed by atoms with Gasteiger partial charge in [-0.1, -0.05) is 48.9 Å². The molecule has 40 heavy (non-hydrogen) atoms. The Morgan fingerprint density at radius 2 is 1.52 bits per heavy atom. The summed E-state index contributed by atoms with van der Waals surface area (Å²) in [5, 5.41) is 2.87. The summed E-state index contributed by atoms with van der Waals surface area (Å²) in [6, 6.07) is 15.8. The second kappa shape index (κ2) is 12.6. The summed E-state index contributed by atoms with van der Waals surface area (Å²) in [5.74, 6) is -2.44. The van der Waals surface area contributed by atoms with Crippen molar-refractivity contribution in [1.29, 1.82) is 0 Å². The summed E-state index contributed by atoms with van der Waals surface area (Å²) in [5.41, 5.74) is 0.470. The lowest BCUT2D eigenvalue weighted by molar-refractivity contribution is -0.141. The number of carbonyl (C=O) groups is 2. The van der Waals surface area contributed by atoms with Gasteiger partial charge in [-0.05, 0) is 76.1 Å². The molecule has 2 amide bonds. The molecule has 0 saturated carbocycles. The third-order valence-corrected chi connectivity index (χ3v) is 7.93. The van der Waals surface area contributed by atoms with Crippen LogP contribution in [0.4, 0.5) is 14.5 Å². The molecule has 0 aromatic heterocycles. The fourth-order valence-electron chi connectivity index (χ4n) is 4.16. The minimum absolute atomic E-state index is 0.0924. The van der Waals surface area contributed by atoms with Crippen LogP contribution in [0.5, 0.6) is 0 Å². The highest BCUT2D eigenvalue weighted by atomic mass is 32.2. The topological polar surface area (TPSA) is 86.8 Å². The Labute approximate surface area is 234 Å². The van der Waals surface area contributed by atoms with Crippen LogP contribution in [0.15, 0.2) is 77.7 Å². The number of para-hydroxylation sites is 1. The van der Waals surface area contributed by atoms with Gasteiger partial charge in [-0.15, -0.1) is 0 Å². The number of hydrogen-bond acceptors (Lipinski definition) is 4. The van der Waals surface area contributed by atoms with Crippen LogP contribution in [-0.4, -0.2) is 43.3 Å². The highest BCUT2D eigenvalue weighted by Crippen LogP contribution is 2.27. The monoisotopic (exact) mass is 571 g/mol. The average Bonchev–Trinajstić information content (AvgIpc) is 2.88. The first kappa shape index (κ1) is 30.7. The van der Waals surface area contributed by atoms with Gasteiger partial charge < -0.3 is 10.2 Å². The number of rotatable bonds is 10. The zero-order valence-electron chi connectivity index (χ0n) is 23.3. The summed E-state index contributed by atoms with van der Waals surface area (Å²) in [6.07, 6.45) is 0.221. The molecule has 7 nitrogen and oxygen atoms in total. The van der Waals surface area contributed by atoms with E-state index >= 15 is 0 Å². The lowest BCUT2D eigenvalue weighted by Crippen LogP contribution is -2.55. The highest BCUT2D eigenvalue weighted by Gasteiger charge is 2.35. The first-order valence-corrected chi connectivity index (χ1v) is 14.4. The van der Waals surface area contributed by atoms with Gasteiger partial charge in [0.05, 0.1) is 10.6 Å². The molecule has 0 heterocycles. The maximum atomic E-state index is 15.0. The van der Waals surface area contributed by atoms with Crippen LogP contribution in [0.1, 0.15) is 45.2 Å². The predicted molar refractivity (Wildman–Crippen MR) is 151 cm³/mol. The lowest BCUT2D eigenvalue weighted by Gasteiger charge is -2.34. The molecule has 0 fully saturated rings. The number of anilines is 1. The molecule has 0 unspecified atom stereocenters. The van der Waals surface area contributed by atoms with Gasteiger partial charge >= 0.3 is 0 Å². The van der Waals surface area contributed by atoms with Gasteiger partial charge in [0, 0.05) is 12.1 Å². The first-order valence-electron chi connectivity index (χ1n) is 12.9. The molecule has 3 rings (SSSR count). The van der Waals surface area contributed by atoms with Crippen LogP contribution in [0.2, 0.25) is 0 Å². The summed E-state index contributed by atoms with van der Waals surface area (Å²) in [6.45, 7) is 8.08. The van der Waals surface area contributed by atoms with Gasteiger partial charge in [0.2, 0.25) is 11.8 Å². The van der Waals surface area contributed by atoms with Crippen molar-refractivity contribution in [3.63, 3.8) is 0 Å². The van der Waals surface area contributed by atoms with Crippen LogP contribution in [-0.2, 0) is 26.2 Å². The number of sulfonamides is 1. The number of amides is 2. The molecule has 0 saturated heterocycles. The van der Waals surface area contributed by atoms with Crippen LogP contribution in [0, 0.1) is 18.6 Å². The molecule has 0 bridgehead atoms. The predicted octanol–water partition coefficient (Wildman–Crippen LogP) is 5.19. The number of nitrogens with zero attached hydrogens (tertiary/aromatic N) is 2. The van der Waals surface area contributed by atoms with E-state index in [4.69, 9.17) is 0 Å². The zero-order valence-corrected chi connectivity index (χ0v) is 24.1. The lowest BCUT2D eigenvalue weighted by atomic mass is 10.1. The Kier molecular flexibility index (Phi) is 9.68. The second-order valence-corrected chi connectivity index (χ2v) is 12.4. The van der Waals surface area contributed by atoms with Crippen LogP contribution < -0.4 is 9.62 Å². The van der Waals surface area contributed by atoms with Gasteiger partial charge in [0.25, 0.3) is 10.0 Å². The van der Waals surface area contributed by atoms with Crippen molar-refractivity contribution < 1.29 is 26.8 Å². The average molecular weight is 572 g/mol. The first-order chi connectivity index (χ1) is 18.7. The summed E-state index contributed by atoms with van der Waals surface area (Å²) >= 11 is 0. The Morgan fingerprint density at radius 1 is 0.925 bits per heavy atom. The van der Waals surface area contributed by atoms with Gasteiger partial charge in [0.15, 0.2) is 0 Å². The number of hydrogen-bond donors (Lipinski definition) is 1. The Morgan fingerprint density at radius 3 is 2.08 bits per heavy atom. The van der Waals surface area contributed by atoms with Crippen LogP contribution >= 0.6 is 0 Å². The van der Waals surface area contributed by atoms with E-state index in [2.05, 4.69) is 5.32 Å². The van der Waals surface area contributed by atoms with Crippen molar-refractivity contribution >= 4 is 27.5 Å². The molecule has 10 heteroatoms. The second-order valence-electron chi connectivity index (χ2n) is 10.6. The van der Waals surface area contributed by atoms with E-state index in [1.165, 1.54) is 59.5 Å². The summed E-state index contributed by atoms with van der Waals surface area (Å²) in [7, 11) is -4.39. The van der Waals surface area contributed by atoms with Crippen molar-refractivity contribution in [1.82, 2.24) is 10.2 Å². The molecule has 0 aliphatic carbocycles. The van der Waals surface area contributed by atoms with Crippen molar-refractivity contribution in [2.45, 2.75) is 64.1 Å². The Balaban J connectivity index is 2.08. The maximum absolute atomic E-state index is 15.0. The number of carbonyl (C=O) groups excluding carboxylic acids is 2. The maximum Gasteiger partial charge on any atom is 0.264 e.